The van der Waals surface area contributed by atoms with Gasteiger partial charge in [-0.25, -0.2) is 9.97 Å². The van der Waals surface area contributed by atoms with E-state index >= 15 is 0 Å². The normalized spacial score (nSPS) is 10.6. The Bertz CT molecular complexity index is 1030. The highest BCUT2D eigenvalue weighted by atomic mass is 16.5. The fourth-order valence-corrected chi connectivity index (χ4v) is 3.42. The molecule has 0 atom stereocenters. The van der Waals surface area contributed by atoms with Crippen molar-refractivity contribution < 1.29 is 18.9 Å². The zero-order chi connectivity index (χ0) is 21.7. The lowest BCUT2D eigenvalue weighted by Crippen LogP contribution is -2.06. The van der Waals surface area contributed by atoms with Crippen LogP contribution in [0, 0.1) is 0 Å². The molecule has 0 unspecified atom stereocenters. The second kappa shape index (κ2) is 9.48. The van der Waals surface area contributed by atoms with E-state index in [2.05, 4.69) is 13.8 Å². The van der Waals surface area contributed by atoms with Gasteiger partial charge in [-0.2, -0.15) is 0 Å². The van der Waals surface area contributed by atoms with Gasteiger partial charge in [0.2, 0.25) is 0 Å². The smallest absolute Gasteiger partial charge is 0.132 e. The standard InChI is InChI=1S/C24H28N2O4/c1-7-19-23(17-11-9-16(28-4)14-22(17)30-6)25-20(8-2)24(26-19)18-13-15(27-3)10-12-21(18)29-5/h9-14H,7-8H2,1-6H3. The van der Waals surface area contributed by atoms with Crippen molar-refractivity contribution in [1.29, 1.82) is 0 Å². The third-order valence-corrected chi connectivity index (χ3v) is 5.04. The maximum atomic E-state index is 5.61. The second-order valence-electron chi connectivity index (χ2n) is 6.65. The molecule has 158 valence electrons. The summed E-state index contributed by atoms with van der Waals surface area (Å²) in [5.74, 6) is 2.91. The lowest BCUT2D eigenvalue weighted by Gasteiger charge is -2.17. The molecule has 6 nitrogen and oxygen atoms in total. The van der Waals surface area contributed by atoms with E-state index in [1.54, 1.807) is 28.4 Å². The molecule has 0 amide bonds. The molecule has 0 saturated heterocycles. The van der Waals surface area contributed by atoms with Gasteiger partial charge in [-0.1, -0.05) is 13.8 Å². The van der Waals surface area contributed by atoms with E-state index in [1.165, 1.54) is 0 Å². The van der Waals surface area contributed by atoms with Gasteiger partial charge in [-0.3, -0.25) is 0 Å². The number of aromatic nitrogens is 2. The summed E-state index contributed by atoms with van der Waals surface area (Å²) in [6.45, 7) is 4.14. The average Bonchev–Trinajstić information content (AvgIpc) is 2.82. The molecule has 6 heteroatoms. The van der Waals surface area contributed by atoms with Crippen LogP contribution < -0.4 is 18.9 Å². The van der Waals surface area contributed by atoms with Crippen molar-refractivity contribution in [3.63, 3.8) is 0 Å². The van der Waals surface area contributed by atoms with Crippen molar-refractivity contribution in [2.24, 2.45) is 0 Å². The molecule has 0 bridgehead atoms. The van der Waals surface area contributed by atoms with Crippen LogP contribution in [0.1, 0.15) is 25.2 Å². The summed E-state index contributed by atoms with van der Waals surface area (Å²) in [6.07, 6.45) is 1.44. The molecule has 0 fully saturated rings. The predicted molar refractivity (Wildman–Crippen MR) is 118 cm³/mol. The molecule has 3 aromatic rings. The lowest BCUT2D eigenvalue weighted by molar-refractivity contribution is 0.395. The second-order valence-corrected chi connectivity index (χ2v) is 6.65. The van der Waals surface area contributed by atoms with Gasteiger partial charge in [-0.15, -0.1) is 0 Å². The van der Waals surface area contributed by atoms with E-state index < -0.39 is 0 Å². The van der Waals surface area contributed by atoms with Crippen LogP contribution in [-0.4, -0.2) is 38.4 Å². The topological polar surface area (TPSA) is 62.7 Å². The van der Waals surface area contributed by atoms with Crippen LogP contribution in [0.5, 0.6) is 23.0 Å². The Kier molecular flexibility index (Phi) is 6.77. The monoisotopic (exact) mass is 408 g/mol. The van der Waals surface area contributed by atoms with Crippen LogP contribution in [-0.2, 0) is 12.8 Å². The minimum Gasteiger partial charge on any atom is -0.497 e. The molecule has 0 spiro atoms. The molecule has 0 aliphatic heterocycles. The van der Waals surface area contributed by atoms with E-state index in [-0.39, 0.29) is 0 Å². The van der Waals surface area contributed by atoms with Gasteiger partial charge < -0.3 is 18.9 Å². The number of rotatable bonds is 8. The van der Waals surface area contributed by atoms with Gasteiger partial charge in [0.15, 0.2) is 0 Å². The van der Waals surface area contributed by atoms with Crippen LogP contribution in [0.2, 0.25) is 0 Å². The first-order chi connectivity index (χ1) is 14.6. The molecular weight excluding hydrogens is 380 g/mol. The molecule has 1 aromatic heterocycles. The zero-order valence-electron chi connectivity index (χ0n) is 18.4. The molecular formula is C24H28N2O4. The zero-order valence-corrected chi connectivity index (χ0v) is 18.4. The number of methoxy groups -OCH3 is 4. The average molecular weight is 408 g/mol. The number of hydrogen-bond acceptors (Lipinski definition) is 6. The molecule has 0 N–H and O–H groups in total. The Hall–Kier alpha value is -3.28. The molecule has 1 heterocycles. The van der Waals surface area contributed by atoms with E-state index in [0.717, 1.165) is 64.0 Å². The number of benzene rings is 2. The number of ether oxygens (including phenoxy) is 4. The summed E-state index contributed by atoms with van der Waals surface area (Å²) >= 11 is 0. The molecule has 0 saturated carbocycles. The molecule has 0 aliphatic rings. The van der Waals surface area contributed by atoms with Crippen LogP contribution in [0.4, 0.5) is 0 Å². The molecule has 3 rings (SSSR count). The summed E-state index contributed by atoms with van der Waals surface area (Å²) < 4.78 is 22.0. The van der Waals surface area contributed by atoms with E-state index in [4.69, 9.17) is 28.9 Å². The highest BCUT2D eigenvalue weighted by molar-refractivity contribution is 5.75. The fraction of sp³-hybridized carbons (Fsp3) is 0.333. The summed E-state index contributed by atoms with van der Waals surface area (Å²) in [5, 5.41) is 0. The quantitative estimate of drug-likeness (QED) is 0.524. The van der Waals surface area contributed by atoms with Gasteiger partial charge in [-0.05, 0) is 43.2 Å². The Labute approximate surface area is 177 Å². The number of hydrogen-bond donors (Lipinski definition) is 0. The van der Waals surface area contributed by atoms with Crippen molar-refractivity contribution in [3.05, 3.63) is 47.8 Å². The Morgan fingerprint density at radius 2 is 1.13 bits per heavy atom. The number of nitrogens with zero attached hydrogens (tertiary/aromatic N) is 2. The minimum atomic E-state index is 0.701. The highest BCUT2D eigenvalue weighted by Gasteiger charge is 2.20. The Morgan fingerprint density at radius 3 is 1.67 bits per heavy atom. The van der Waals surface area contributed by atoms with E-state index in [0.29, 0.717) is 5.75 Å². The fourth-order valence-electron chi connectivity index (χ4n) is 3.42. The number of aryl methyl sites for hydroxylation is 2. The summed E-state index contributed by atoms with van der Waals surface area (Å²) in [6, 6.07) is 11.4. The van der Waals surface area contributed by atoms with Crippen molar-refractivity contribution >= 4 is 0 Å². The van der Waals surface area contributed by atoms with Crippen molar-refractivity contribution in [3.8, 4) is 45.5 Å². The van der Waals surface area contributed by atoms with Gasteiger partial charge in [0.05, 0.1) is 51.2 Å². The minimum absolute atomic E-state index is 0.701. The maximum Gasteiger partial charge on any atom is 0.132 e. The van der Waals surface area contributed by atoms with E-state index in [9.17, 15) is 0 Å². The highest BCUT2D eigenvalue weighted by Crippen LogP contribution is 2.38. The van der Waals surface area contributed by atoms with Crippen molar-refractivity contribution in [2.45, 2.75) is 26.7 Å². The van der Waals surface area contributed by atoms with E-state index in [1.807, 2.05) is 36.4 Å². The van der Waals surface area contributed by atoms with Crippen LogP contribution >= 0.6 is 0 Å². The van der Waals surface area contributed by atoms with Gasteiger partial charge in [0.25, 0.3) is 0 Å². The summed E-state index contributed by atoms with van der Waals surface area (Å²) in [4.78, 5) is 10.0. The maximum absolute atomic E-state index is 5.61. The van der Waals surface area contributed by atoms with Gasteiger partial charge in [0.1, 0.15) is 23.0 Å². The molecule has 0 aliphatic carbocycles. The SMILES string of the molecule is CCc1nc(-c2cc(OC)ccc2OC)c(CC)nc1-c1ccc(OC)cc1OC. The molecule has 30 heavy (non-hydrogen) atoms. The predicted octanol–water partition coefficient (Wildman–Crippen LogP) is 4.97. The van der Waals surface area contributed by atoms with Gasteiger partial charge in [0, 0.05) is 17.2 Å². The third kappa shape index (κ3) is 4.03. The van der Waals surface area contributed by atoms with Crippen molar-refractivity contribution in [2.75, 3.05) is 28.4 Å². The Morgan fingerprint density at radius 1 is 0.600 bits per heavy atom. The van der Waals surface area contributed by atoms with Crippen LogP contribution in [0.3, 0.4) is 0 Å². The van der Waals surface area contributed by atoms with Crippen LogP contribution in [0.25, 0.3) is 22.5 Å². The molecule has 0 radical (unpaired) electrons. The van der Waals surface area contributed by atoms with Crippen LogP contribution in [0.15, 0.2) is 36.4 Å². The Balaban J connectivity index is 2.25. The van der Waals surface area contributed by atoms with Gasteiger partial charge >= 0.3 is 0 Å². The lowest BCUT2D eigenvalue weighted by atomic mass is 10.0. The van der Waals surface area contributed by atoms with Crippen molar-refractivity contribution in [1.82, 2.24) is 9.97 Å². The largest absolute Gasteiger partial charge is 0.497 e. The first kappa shape index (κ1) is 21.4. The molecule has 2 aromatic carbocycles. The first-order valence-corrected chi connectivity index (χ1v) is 9.94. The summed E-state index contributed by atoms with van der Waals surface area (Å²) in [7, 11) is 6.58. The first-order valence-electron chi connectivity index (χ1n) is 9.94. The third-order valence-electron chi connectivity index (χ3n) is 5.04. The summed E-state index contributed by atoms with van der Waals surface area (Å²) in [5.41, 5.74) is 5.15.